The first-order valence-electron chi connectivity index (χ1n) is 5.11. The molecule has 0 aliphatic heterocycles. The van der Waals surface area contributed by atoms with Gasteiger partial charge in [-0.2, -0.15) is 0 Å². The minimum atomic E-state index is -0.400. The van der Waals surface area contributed by atoms with Gasteiger partial charge in [-0.1, -0.05) is 18.2 Å². The first kappa shape index (κ1) is 11.1. The van der Waals surface area contributed by atoms with Crippen molar-refractivity contribution < 1.29 is 4.92 Å². The molecule has 0 unspecified atom stereocenters. The molecule has 1 heterocycles. The van der Waals surface area contributed by atoms with Crippen molar-refractivity contribution in [2.24, 2.45) is 0 Å². The van der Waals surface area contributed by atoms with Gasteiger partial charge in [-0.3, -0.25) is 10.1 Å². The quantitative estimate of drug-likeness (QED) is 0.497. The molecule has 86 valence electrons. The van der Waals surface area contributed by atoms with Crippen molar-refractivity contribution in [3.8, 4) is 0 Å². The summed E-state index contributed by atoms with van der Waals surface area (Å²) in [6.45, 7) is 4.09. The van der Waals surface area contributed by atoms with Crippen molar-refractivity contribution >= 4 is 22.4 Å². The van der Waals surface area contributed by atoms with Gasteiger partial charge < -0.3 is 5.32 Å². The monoisotopic (exact) mass is 229 g/mol. The predicted molar refractivity (Wildman–Crippen MR) is 67.1 cm³/mol. The third-order valence-corrected chi connectivity index (χ3v) is 2.32. The smallest absolute Gasteiger partial charge is 0.282 e. The van der Waals surface area contributed by atoms with Crippen LogP contribution in [-0.2, 0) is 0 Å². The van der Waals surface area contributed by atoms with Crippen molar-refractivity contribution in [2.75, 3.05) is 11.9 Å². The lowest BCUT2D eigenvalue weighted by Gasteiger charge is -2.05. The van der Waals surface area contributed by atoms with Crippen molar-refractivity contribution in [1.82, 2.24) is 4.98 Å². The van der Waals surface area contributed by atoms with E-state index in [0.717, 1.165) is 0 Å². The largest absolute Gasteiger partial charge is 0.366 e. The van der Waals surface area contributed by atoms with Crippen LogP contribution in [-0.4, -0.2) is 16.5 Å². The van der Waals surface area contributed by atoms with Gasteiger partial charge >= 0.3 is 0 Å². The minimum absolute atomic E-state index is 0.0576. The fraction of sp³-hybridized carbons (Fsp3) is 0.0833. The highest BCUT2D eigenvalue weighted by Crippen LogP contribution is 2.26. The summed E-state index contributed by atoms with van der Waals surface area (Å²) in [6.07, 6.45) is 1.67. The molecule has 0 amide bonds. The van der Waals surface area contributed by atoms with Crippen LogP contribution in [0.4, 0.5) is 11.5 Å². The molecule has 2 rings (SSSR count). The van der Waals surface area contributed by atoms with Crippen LogP contribution in [0.3, 0.4) is 0 Å². The fourth-order valence-electron chi connectivity index (χ4n) is 1.58. The average molecular weight is 229 g/mol. The van der Waals surface area contributed by atoms with E-state index in [1.807, 2.05) is 0 Å². The molecule has 1 N–H and O–H groups in total. The summed E-state index contributed by atoms with van der Waals surface area (Å²) in [5.74, 6) is 0.482. The van der Waals surface area contributed by atoms with Gasteiger partial charge in [0.1, 0.15) is 5.82 Å². The van der Waals surface area contributed by atoms with Gasteiger partial charge in [0.2, 0.25) is 0 Å². The lowest BCUT2D eigenvalue weighted by molar-refractivity contribution is -0.383. The van der Waals surface area contributed by atoms with E-state index in [-0.39, 0.29) is 5.69 Å². The van der Waals surface area contributed by atoms with Crippen LogP contribution >= 0.6 is 0 Å². The lowest BCUT2D eigenvalue weighted by atomic mass is 10.2. The number of anilines is 1. The molecular formula is C12H11N3O2. The number of fused-ring (bicyclic) bond motifs is 1. The summed E-state index contributed by atoms with van der Waals surface area (Å²) < 4.78 is 0. The van der Waals surface area contributed by atoms with Gasteiger partial charge in [-0.15, -0.1) is 6.58 Å². The normalized spacial score (nSPS) is 10.1. The molecule has 0 bridgehead atoms. The topological polar surface area (TPSA) is 68.1 Å². The molecule has 0 atom stereocenters. The second kappa shape index (κ2) is 4.61. The molecule has 0 radical (unpaired) electrons. The molecule has 1 aromatic heterocycles. The molecule has 1 aromatic carbocycles. The molecule has 5 heteroatoms. The van der Waals surface area contributed by atoms with Crippen LogP contribution in [0.2, 0.25) is 0 Å². The number of nitro groups is 1. The van der Waals surface area contributed by atoms with Crippen LogP contribution in [0.15, 0.2) is 43.0 Å². The van der Waals surface area contributed by atoms with Gasteiger partial charge in [0.05, 0.1) is 21.9 Å². The van der Waals surface area contributed by atoms with E-state index >= 15 is 0 Å². The summed E-state index contributed by atoms with van der Waals surface area (Å²) in [7, 11) is 0. The zero-order valence-electron chi connectivity index (χ0n) is 9.09. The molecule has 17 heavy (non-hydrogen) atoms. The van der Waals surface area contributed by atoms with E-state index in [0.29, 0.717) is 23.3 Å². The van der Waals surface area contributed by atoms with Crippen LogP contribution in [0.25, 0.3) is 10.9 Å². The Balaban J connectivity index is 2.58. The Morgan fingerprint density at radius 3 is 2.94 bits per heavy atom. The Kier molecular flexibility index (Phi) is 3.00. The third kappa shape index (κ3) is 2.23. The molecule has 0 saturated heterocycles. The number of aromatic nitrogens is 1. The average Bonchev–Trinajstić information content (AvgIpc) is 2.35. The molecular weight excluding hydrogens is 218 g/mol. The number of nitrogens with one attached hydrogen (secondary N) is 1. The maximum atomic E-state index is 11.0. The lowest BCUT2D eigenvalue weighted by Crippen LogP contribution is -2.02. The minimum Gasteiger partial charge on any atom is -0.366 e. The van der Waals surface area contributed by atoms with Crippen molar-refractivity contribution in [3.63, 3.8) is 0 Å². The van der Waals surface area contributed by atoms with E-state index in [9.17, 15) is 10.1 Å². The summed E-state index contributed by atoms with van der Waals surface area (Å²) in [4.78, 5) is 14.9. The fourth-order valence-corrected chi connectivity index (χ4v) is 1.58. The Morgan fingerprint density at radius 1 is 1.47 bits per heavy atom. The second-order valence-corrected chi connectivity index (χ2v) is 3.47. The number of benzene rings is 1. The molecule has 0 aliphatic rings. The first-order chi connectivity index (χ1) is 8.22. The van der Waals surface area contributed by atoms with E-state index in [1.165, 1.54) is 6.07 Å². The first-order valence-corrected chi connectivity index (χ1v) is 5.11. The van der Waals surface area contributed by atoms with E-state index < -0.39 is 4.92 Å². The molecule has 0 aliphatic carbocycles. The van der Waals surface area contributed by atoms with Crippen molar-refractivity contribution in [3.05, 3.63) is 53.1 Å². The zero-order chi connectivity index (χ0) is 12.3. The van der Waals surface area contributed by atoms with Crippen molar-refractivity contribution in [2.45, 2.75) is 0 Å². The standard InChI is InChI=1S/C12H11N3O2/c1-2-7-13-12-8-11(15(16)17)9-5-3-4-6-10(9)14-12/h2-6,8H,1,7H2,(H,13,14). The zero-order valence-corrected chi connectivity index (χ0v) is 9.09. The van der Waals surface area contributed by atoms with Gasteiger partial charge in [0.25, 0.3) is 5.69 Å². The third-order valence-electron chi connectivity index (χ3n) is 2.32. The Hall–Kier alpha value is -2.43. The summed E-state index contributed by atoms with van der Waals surface area (Å²) in [5, 5.41) is 14.5. The number of hydrogen-bond acceptors (Lipinski definition) is 4. The Labute approximate surface area is 97.9 Å². The summed E-state index contributed by atoms with van der Waals surface area (Å²) >= 11 is 0. The molecule has 0 fully saturated rings. The molecule has 2 aromatic rings. The van der Waals surface area contributed by atoms with Crippen molar-refractivity contribution in [1.29, 1.82) is 0 Å². The highest BCUT2D eigenvalue weighted by atomic mass is 16.6. The summed E-state index contributed by atoms with van der Waals surface area (Å²) in [5.41, 5.74) is 0.662. The summed E-state index contributed by atoms with van der Waals surface area (Å²) in [6, 6.07) is 8.44. The Morgan fingerprint density at radius 2 is 2.24 bits per heavy atom. The SMILES string of the molecule is C=CCNc1cc([N+](=O)[O-])c2ccccc2n1. The van der Waals surface area contributed by atoms with Crippen LogP contribution < -0.4 is 5.32 Å². The van der Waals surface area contributed by atoms with Crippen LogP contribution in [0, 0.1) is 10.1 Å². The highest BCUT2D eigenvalue weighted by Gasteiger charge is 2.14. The van der Waals surface area contributed by atoms with E-state index in [1.54, 1.807) is 30.3 Å². The molecule has 0 saturated carbocycles. The van der Waals surface area contributed by atoms with Gasteiger partial charge in [0, 0.05) is 6.54 Å². The molecule has 5 nitrogen and oxygen atoms in total. The number of para-hydroxylation sites is 1. The van der Waals surface area contributed by atoms with Gasteiger partial charge in [-0.25, -0.2) is 4.98 Å². The number of pyridine rings is 1. The van der Waals surface area contributed by atoms with E-state index in [2.05, 4.69) is 16.9 Å². The number of nitrogens with zero attached hydrogens (tertiary/aromatic N) is 2. The predicted octanol–water partition coefficient (Wildman–Crippen LogP) is 2.74. The maximum Gasteiger partial charge on any atom is 0.282 e. The maximum absolute atomic E-state index is 11.0. The van der Waals surface area contributed by atoms with Gasteiger partial charge in [-0.05, 0) is 12.1 Å². The van der Waals surface area contributed by atoms with E-state index in [4.69, 9.17) is 0 Å². The van der Waals surface area contributed by atoms with Gasteiger partial charge in [0.15, 0.2) is 0 Å². The van der Waals surface area contributed by atoms with Crippen LogP contribution in [0.1, 0.15) is 0 Å². The number of hydrogen-bond donors (Lipinski definition) is 1. The Bertz CT molecular complexity index is 581. The second-order valence-electron chi connectivity index (χ2n) is 3.47. The molecule has 0 spiro atoms. The van der Waals surface area contributed by atoms with Crippen LogP contribution in [0.5, 0.6) is 0 Å². The highest BCUT2D eigenvalue weighted by molar-refractivity contribution is 5.89. The number of rotatable bonds is 4.